The molecule has 0 spiro atoms. The van der Waals surface area contributed by atoms with Gasteiger partial charge in [0.1, 0.15) is 0 Å². The lowest BCUT2D eigenvalue weighted by Crippen LogP contribution is -2.39. The van der Waals surface area contributed by atoms with Crippen LogP contribution < -0.4 is 20.5 Å². The molecule has 1 aliphatic heterocycles. The number of H-pyrrole nitrogens is 1. The van der Waals surface area contributed by atoms with Crippen LogP contribution in [0, 0.1) is 5.41 Å². The Morgan fingerprint density at radius 2 is 2.37 bits per heavy atom. The summed E-state index contributed by atoms with van der Waals surface area (Å²) in [7, 11) is 3.06. The molecule has 0 radical (unpaired) electrons. The Labute approximate surface area is 111 Å². The van der Waals surface area contributed by atoms with Crippen molar-refractivity contribution >= 4 is 11.7 Å². The lowest BCUT2D eigenvalue weighted by molar-refractivity contribution is -0.128. The summed E-state index contributed by atoms with van der Waals surface area (Å²) >= 11 is 0. The maximum atomic E-state index is 11.9. The van der Waals surface area contributed by atoms with Gasteiger partial charge in [0.05, 0.1) is 18.9 Å². The molecule has 1 unspecified atom stereocenters. The van der Waals surface area contributed by atoms with Crippen LogP contribution in [-0.4, -0.2) is 43.1 Å². The molecule has 0 saturated carbocycles. The largest absolute Gasteiger partial charge is 0.489 e. The number of carbonyl (C=O) groups excluding carboxylic acids is 1. The Kier molecular flexibility index (Phi) is 3.46. The van der Waals surface area contributed by atoms with Gasteiger partial charge in [0, 0.05) is 20.1 Å². The molecule has 7 heteroatoms. The summed E-state index contributed by atoms with van der Waals surface area (Å²) in [6, 6.07) is 0. The average Bonchev–Trinajstić information content (AvgIpc) is 2.81. The lowest BCUT2D eigenvalue weighted by atomic mass is 9.89. The third-order valence-electron chi connectivity index (χ3n) is 3.54. The smallest absolute Gasteiger partial charge is 0.295 e. The quantitative estimate of drug-likeness (QED) is 0.787. The number of aromatic nitrogens is 2. The van der Waals surface area contributed by atoms with Gasteiger partial charge in [-0.2, -0.15) is 0 Å². The summed E-state index contributed by atoms with van der Waals surface area (Å²) in [4.78, 5) is 32.1. The van der Waals surface area contributed by atoms with Crippen molar-refractivity contribution in [2.24, 2.45) is 5.41 Å². The van der Waals surface area contributed by atoms with Gasteiger partial charge in [0.2, 0.25) is 11.7 Å². The molecule has 0 bridgehead atoms. The molecule has 1 atom stereocenters. The first-order valence-corrected chi connectivity index (χ1v) is 6.10. The van der Waals surface area contributed by atoms with Crippen LogP contribution in [0.25, 0.3) is 0 Å². The van der Waals surface area contributed by atoms with Gasteiger partial charge in [-0.25, -0.2) is 4.98 Å². The minimum Gasteiger partial charge on any atom is -0.489 e. The highest BCUT2D eigenvalue weighted by Gasteiger charge is 2.41. The van der Waals surface area contributed by atoms with Crippen LogP contribution in [0.2, 0.25) is 0 Å². The molecule has 2 rings (SSSR count). The Morgan fingerprint density at radius 1 is 1.63 bits per heavy atom. The normalized spacial score (nSPS) is 22.4. The van der Waals surface area contributed by atoms with Crippen molar-refractivity contribution < 1.29 is 9.53 Å². The van der Waals surface area contributed by atoms with Gasteiger partial charge in [0.25, 0.3) is 5.56 Å². The van der Waals surface area contributed by atoms with E-state index in [9.17, 15) is 9.59 Å². The molecule has 1 saturated heterocycles. The molecule has 7 nitrogen and oxygen atoms in total. The highest BCUT2D eigenvalue weighted by Crippen LogP contribution is 2.34. The SMILES string of the molecule is CNC(=O)C1(C)CCN(c2nc[nH]c(=O)c2OC)C1. The third-order valence-corrected chi connectivity index (χ3v) is 3.54. The van der Waals surface area contributed by atoms with Crippen molar-refractivity contribution in [2.75, 3.05) is 32.1 Å². The minimum atomic E-state index is -0.468. The van der Waals surface area contributed by atoms with Gasteiger partial charge >= 0.3 is 0 Å². The van der Waals surface area contributed by atoms with Crippen LogP contribution in [0.4, 0.5) is 5.82 Å². The van der Waals surface area contributed by atoms with Gasteiger partial charge in [-0.1, -0.05) is 0 Å². The van der Waals surface area contributed by atoms with Crippen molar-refractivity contribution in [3.05, 3.63) is 16.7 Å². The summed E-state index contributed by atoms with van der Waals surface area (Å²) in [6.45, 7) is 3.09. The monoisotopic (exact) mass is 266 g/mol. The second-order valence-corrected chi connectivity index (χ2v) is 4.90. The topological polar surface area (TPSA) is 87.3 Å². The number of hydrogen-bond acceptors (Lipinski definition) is 5. The first-order valence-electron chi connectivity index (χ1n) is 6.10. The van der Waals surface area contributed by atoms with Gasteiger partial charge in [0.15, 0.2) is 5.82 Å². The van der Waals surface area contributed by atoms with E-state index >= 15 is 0 Å². The zero-order valence-electron chi connectivity index (χ0n) is 11.3. The summed E-state index contributed by atoms with van der Waals surface area (Å²) in [6.07, 6.45) is 2.06. The standard InChI is InChI=1S/C12H18N4O3/c1-12(11(18)13-2)4-5-16(6-12)9-8(19-3)10(17)15-7-14-9/h7H,4-6H2,1-3H3,(H,13,18)(H,14,15,17). The first-order chi connectivity index (χ1) is 9.01. The summed E-state index contributed by atoms with van der Waals surface area (Å²) in [5.74, 6) is 0.668. The van der Waals surface area contributed by atoms with E-state index in [-0.39, 0.29) is 17.2 Å². The summed E-state index contributed by atoms with van der Waals surface area (Å²) in [5.41, 5.74) is -0.787. The van der Waals surface area contributed by atoms with E-state index < -0.39 is 5.41 Å². The maximum Gasteiger partial charge on any atom is 0.295 e. The zero-order valence-corrected chi connectivity index (χ0v) is 11.3. The van der Waals surface area contributed by atoms with E-state index in [0.717, 1.165) is 0 Å². The minimum absolute atomic E-state index is 0.00110. The Bertz CT molecular complexity index is 542. The number of amides is 1. The van der Waals surface area contributed by atoms with Crippen LogP contribution >= 0.6 is 0 Å². The van der Waals surface area contributed by atoms with Gasteiger partial charge in [-0.15, -0.1) is 0 Å². The Hall–Kier alpha value is -2.05. The fraction of sp³-hybridized carbons (Fsp3) is 0.583. The molecule has 1 fully saturated rings. The summed E-state index contributed by atoms with van der Waals surface area (Å²) < 4.78 is 5.10. The van der Waals surface area contributed by atoms with E-state index in [2.05, 4.69) is 15.3 Å². The highest BCUT2D eigenvalue weighted by atomic mass is 16.5. The van der Waals surface area contributed by atoms with E-state index in [1.54, 1.807) is 7.05 Å². The summed E-state index contributed by atoms with van der Waals surface area (Å²) in [5, 5.41) is 2.67. The van der Waals surface area contributed by atoms with E-state index in [1.807, 2.05) is 11.8 Å². The van der Waals surface area contributed by atoms with Crippen molar-refractivity contribution in [2.45, 2.75) is 13.3 Å². The molecule has 0 aromatic carbocycles. The van der Waals surface area contributed by atoms with Crippen molar-refractivity contribution in [1.82, 2.24) is 15.3 Å². The van der Waals surface area contributed by atoms with Crippen molar-refractivity contribution in [3.8, 4) is 5.75 Å². The molecule has 2 heterocycles. The van der Waals surface area contributed by atoms with Crippen molar-refractivity contribution in [3.63, 3.8) is 0 Å². The second kappa shape index (κ2) is 4.91. The number of ether oxygens (including phenoxy) is 1. The Balaban J connectivity index is 2.29. The molecule has 1 aromatic heterocycles. The molecular formula is C12H18N4O3. The van der Waals surface area contributed by atoms with Crippen LogP contribution in [0.3, 0.4) is 0 Å². The van der Waals surface area contributed by atoms with Crippen molar-refractivity contribution in [1.29, 1.82) is 0 Å². The molecule has 19 heavy (non-hydrogen) atoms. The maximum absolute atomic E-state index is 11.9. The van der Waals surface area contributed by atoms with Gasteiger partial charge < -0.3 is 19.9 Å². The second-order valence-electron chi connectivity index (χ2n) is 4.90. The predicted molar refractivity (Wildman–Crippen MR) is 70.4 cm³/mol. The number of rotatable bonds is 3. The molecule has 1 aromatic rings. The fourth-order valence-electron chi connectivity index (χ4n) is 2.42. The number of nitrogens with zero attached hydrogens (tertiary/aromatic N) is 2. The molecule has 0 aliphatic carbocycles. The van der Waals surface area contributed by atoms with Crippen LogP contribution in [-0.2, 0) is 4.79 Å². The molecular weight excluding hydrogens is 248 g/mol. The van der Waals surface area contributed by atoms with E-state index in [4.69, 9.17) is 4.74 Å². The predicted octanol–water partition coefficient (Wildman–Crippen LogP) is -0.259. The third kappa shape index (κ3) is 2.27. The Morgan fingerprint density at radius 3 is 3.00 bits per heavy atom. The number of methoxy groups -OCH3 is 1. The fourth-order valence-corrected chi connectivity index (χ4v) is 2.42. The molecule has 2 N–H and O–H groups in total. The number of carbonyl (C=O) groups is 1. The van der Waals surface area contributed by atoms with Crippen LogP contribution in [0.5, 0.6) is 5.75 Å². The zero-order chi connectivity index (χ0) is 14.0. The molecule has 1 aliphatic rings. The van der Waals surface area contributed by atoms with Crippen LogP contribution in [0.15, 0.2) is 11.1 Å². The van der Waals surface area contributed by atoms with E-state index in [1.165, 1.54) is 13.4 Å². The molecule has 104 valence electrons. The number of anilines is 1. The lowest BCUT2D eigenvalue weighted by Gasteiger charge is -2.23. The number of aromatic amines is 1. The first kappa shape index (κ1) is 13.4. The van der Waals surface area contributed by atoms with Gasteiger partial charge in [-0.3, -0.25) is 9.59 Å². The van der Waals surface area contributed by atoms with Gasteiger partial charge in [-0.05, 0) is 13.3 Å². The number of nitrogens with one attached hydrogen (secondary N) is 2. The van der Waals surface area contributed by atoms with Crippen LogP contribution in [0.1, 0.15) is 13.3 Å². The van der Waals surface area contributed by atoms with E-state index in [0.29, 0.717) is 25.3 Å². The molecule has 1 amide bonds. The average molecular weight is 266 g/mol. The highest BCUT2D eigenvalue weighted by molar-refractivity contribution is 5.83. The number of hydrogen-bond donors (Lipinski definition) is 2.